The maximum absolute atomic E-state index is 3.78. The molecule has 1 heteroatoms. The first-order valence-corrected chi connectivity index (χ1v) is 3.56. The van der Waals surface area contributed by atoms with Crippen LogP contribution in [0.25, 0.3) is 0 Å². The summed E-state index contributed by atoms with van der Waals surface area (Å²) in [6.07, 6.45) is 5.14. The fourth-order valence-electron chi connectivity index (χ4n) is 0.729. The molecule has 0 saturated heterocycles. The third-order valence-electron chi connectivity index (χ3n) is 1.28. The van der Waals surface area contributed by atoms with Crippen molar-refractivity contribution in [1.29, 1.82) is 0 Å². The molecule has 0 aliphatic rings. The number of rotatable bonds is 4. The van der Waals surface area contributed by atoms with E-state index in [0.29, 0.717) is 0 Å². The molecule has 0 amide bonds. The van der Waals surface area contributed by atoms with E-state index in [1.807, 2.05) is 0 Å². The fraction of sp³-hybridized carbons (Fsp3) is 0.875. The van der Waals surface area contributed by atoms with E-state index in [9.17, 15) is 0 Å². The summed E-state index contributed by atoms with van der Waals surface area (Å²) in [5.74, 6) is 0.876. The Morgan fingerprint density at radius 2 is 1.78 bits per heavy atom. The van der Waals surface area contributed by atoms with Gasteiger partial charge in [0.15, 0.2) is 0 Å². The summed E-state index contributed by atoms with van der Waals surface area (Å²) in [4.78, 5) is 0. The van der Waals surface area contributed by atoms with E-state index in [1.54, 1.807) is 0 Å². The van der Waals surface area contributed by atoms with Crippen LogP contribution in [0.15, 0.2) is 0 Å². The molecule has 0 rings (SSSR count). The van der Waals surface area contributed by atoms with Gasteiger partial charge in [0.1, 0.15) is 0 Å². The third-order valence-corrected chi connectivity index (χ3v) is 1.28. The average Bonchev–Trinajstić information content (AvgIpc) is 1.66. The van der Waals surface area contributed by atoms with Gasteiger partial charge >= 0.3 is 27.3 Å². The molecule has 9 heavy (non-hydrogen) atoms. The zero-order valence-electron chi connectivity index (χ0n) is 6.82. The molecular formula is C8H19Pb. The van der Waals surface area contributed by atoms with Crippen molar-refractivity contribution in [2.75, 3.05) is 0 Å². The molecule has 0 atom stereocenters. The average molecular weight is 322 g/mol. The van der Waals surface area contributed by atoms with Crippen LogP contribution in [0.1, 0.15) is 39.5 Å². The Morgan fingerprint density at radius 3 is 2.11 bits per heavy atom. The fourth-order valence-corrected chi connectivity index (χ4v) is 0.729. The normalized spacial score (nSPS) is 9.33. The van der Waals surface area contributed by atoms with E-state index in [4.69, 9.17) is 0 Å². The summed E-state index contributed by atoms with van der Waals surface area (Å²) in [5, 5.41) is 0. The molecule has 0 nitrogen and oxygen atoms in total. The van der Waals surface area contributed by atoms with Gasteiger partial charge < -0.3 is 0 Å². The van der Waals surface area contributed by atoms with Crippen molar-refractivity contribution in [2.24, 2.45) is 5.92 Å². The van der Waals surface area contributed by atoms with Crippen molar-refractivity contribution in [3.63, 3.8) is 0 Å². The van der Waals surface area contributed by atoms with Gasteiger partial charge in [0, 0.05) is 0 Å². The van der Waals surface area contributed by atoms with Gasteiger partial charge in [-0.25, -0.2) is 0 Å². The van der Waals surface area contributed by atoms with Gasteiger partial charge in [-0.2, -0.15) is 0 Å². The van der Waals surface area contributed by atoms with E-state index >= 15 is 0 Å². The quantitative estimate of drug-likeness (QED) is 0.549. The molecule has 0 aromatic heterocycles. The van der Waals surface area contributed by atoms with Crippen LogP contribution in [-0.2, 0) is 0 Å². The Bertz CT molecular complexity index is 41.8. The second kappa shape index (κ2) is 8.92. The number of hydrogen-bond donors (Lipinski definition) is 0. The summed E-state index contributed by atoms with van der Waals surface area (Å²) in [6, 6.07) is 0. The van der Waals surface area contributed by atoms with Gasteiger partial charge in [-0.05, 0) is 5.92 Å². The second-order valence-electron chi connectivity index (χ2n) is 2.74. The Labute approximate surface area is 79.6 Å². The Balaban J connectivity index is 0. The molecule has 55 valence electrons. The molecular weight excluding hydrogens is 303 g/mol. The van der Waals surface area contributed by atoms with E-state index in [-0.39, 0.29) is 27.3 Å². The van der Waals surface area contributed by atoms with E-state index in [2.05, 4.69) is 20.8 Å². The number of hydrogen-bond acceptors (Lipinski definition) is 0. The van der Waals surface area contributed by atoms with Gasteiger partial charge in [0.2, 0.25) is 0 Å². The standard InChI is InChI=1S/C8H17.Pb.2H/c1-4-5-6-7-8(2)3;;;/h8H,1,4-7H2,2-3H3;;;. The molecule has 0 unspecified atom stereocenters. The van der Waals surface area contributed by atoms with Crippen LogP contribution in [0.5, 0.6) is 0 Å². The van der Waals surface area contributed by atoms with Crippen LogP contribution >= 0.6 is 0 Å². The number of unbranched alkanes of at least 4 members (excludes halogenated alkanes) is 2. The maximum atomic E-state index is 3.78. The molecule has 0 bridgehead atoms. The van der Waals surface area contributed by atoms with Crippen molar-refractivity contribution < 1.29 is 0 Å². The molecule has 0 spiro atoms. The third kappa shape index (κ3) is 12.2. The molecule has 0 aromatic carbocycles. The molecule has 0 aromatic rings. The van der Waals surface area contributed by atoms with E-state index in [0.717, 1.165) is 12.3 Å². The Morgan fingerprint density at radius 1 is 1.22 bits per heavy atom. The molecule has 3 radical (unpaired) electrons. The van der Waals surface area contributed by atoms with E-state index < -0.39 is 0 Å². The summed E-state index contributed by atoms with van der Waals surface area (Å²) in [7, 11) is 0. The molecule has 0 heterocycles. The van der Waals surface area contributed by atoms with Gasteiger partial charge in [0.25, 0.3) is 0 Å². The van der Waals surface area contributed by atoms with Crippen LogP contribution in [0.2, 0.25) is 0 Å². The molecule has 0 N–H and O–H groups in total. The molecule has 0 aliphatic heterocycles. The molecule has 0 saturated carbocycles. The van der Waals surface area contributed by atoms with Crippen molar-refractivity contribution in [3.8, 4) is 0 Å². The Kier molecular flexibility index (Phi) is 12.5. The van der Waals surface area contributed by atoms with Crippen LogP contribution in [0.3, 0.4) is 0 Å². The van der Waals surface area contributed by atoms with Gasteiger partial charge in [0.05, 0.1) is 0 Å². The first-order chi connectivity index (χ1) is 3.77. The van der Waals surface area contributed by atoms with Crippen LogP contribution in [0.4, 0.5) is 0 Å². The Hall–Kier alpha value is 0.922. The first-order valence-electron chi connectivity index (χ1n) is 3.56. The monoisotopic (exact) mass is 323 g/mol. The zero-order chi connectivity index (χ0) is 6.41. The first kappa shape index (κ1) is 12.6. The van der Waals surface area contributed by atoms with Crippen molar-refractivity contribution in [2.45, 2.75) is 39.5 Å². The summed E-state index contributed by atoms with van der Waals surface area (Å²) in [5.41, 5.74) is 0. The second-order valence-corrected chi connectivity index (χ2v) is 2.74. The minimum absolute atomic E-state index is 0. The minimum atomic E-state index is 0. The van der Waals surface area contributed by atoms with Gasteiger partial charge in [-0.1, -0.05) is 46.5 Å². The van der Waals surface area contributed by atoms with Crippen molar-refractivity contribution in [3.05, 3.63) is 6.92 Å². The van der Waals surface area contributed by atoms with Gasteiger partial charge in [-0.15, -0.1) is 0 Å². The van der Waals surface area contributed by atoms with Gasteiger partial charge in [-0.3, -0.25) is 0 Å². The van der Waals surface area contributed by atoms with Crippen LogP contribution in [0, 0.1) is 12.8 Å². The van der Waals surface area contributed by atoms with Crippen LogP contribution < -0.4 is 0 Å². The van der Waals surface area contributed by atoms with Crippen molar-refractivity contribution in [1.82, 2.24) is 0 Å². The summed E-state index contributed by atoms with van der Waals surface area (Å²) in [6.45, 7) is 8.32. The molecule has 0 fully saturated rings. The predicted molar refractivity (Wildman–Crippen MR) is 47.2 cm³/mol. The zero-order valence-corrected chi connectivity index (χ0v) is 12.3. The van der Waals surface area contributed by atoms with E-state index in [1.165, 1.54) is 19.3 Å². The van der Waals surface area contributed by atoms with Crippen molar-refractivity contribution >= 4 is 27.3 Å². The summed E-state index contributed by atoms with van der Waals surface area (Å²) < 4.78 is 0. The molecule has 0 aliphatic carbocycles. The SMILES string of the molecule is [CH2]CCCCC(C)C.[PbH2]. The summed E-state index contributed by atoms with van der Waals surface area (Å²) >= 11 is 0. The topological polar surface area (TPSA) is 0 Å². The predicted octanol–water partition coefficient (Wildman–Crippen LogP) is 2.12. The van der Waals surface area contributed by atoms with Crippen LogP contribution in [-0.4, -0.2) is 27.3 Å².